The highest BCUT2D eigenvalue weighted by Gasteiger charge is 2.24. The van der Waals surface area contributed by atoms with Crippen LogP contribution in [0.3, 0.4) is 0 Å². The molecule has 1 unspecified atom stereocenters. The molecule has 4 aromatic rings. The van der Waals surface area contributed by atoms with Crippen LogP contribution in [0.5, 0.6) is 5.75 Å². The van der Waals surface area contributed by atoms with Gasteiger partial charge in [0.1, 0.15) is 22.9 Å². The molecule has 0 aliphatic rings. The second-order valence-electron chi connectivity index (χ2n) is 7.65. The van der Waals surface area contributed by atoms with E-state index < -0.39 is 6.04 Å². The molecule has 4 rings (SSSR count). The molecule has 2 aromatic heterocycles. The Morgan fingerprint density at radius 2 is 1.97 bits per heavy atom. The van der Waals surface area contributed by atoms with Crippen molar-refractivity contribution in [2.75, 3.05) is 23.9 Å². The lowest BCUT2D eigenvalue weighted by molar-refractivity contribution is -0.118. The Hall–Kier alpha value is -3.81. The molecule has 0 fully saturated rings. The summed E-state index contributed by atoms with van der Waals surface area (Å²) in [7, 11) is 1.60. The molecule has 10 heteroatoms. The Morgan fingerprint density at radius 1 is 1.23 bits per heavy atom. The number of carbonyl (C=O) groups excluding carboxylic acids is 1. The number of nitrogen functional groups attached to an aromatic ring is 1. The molecule has 0 saturated heterocycles. The van der Waals surface area contributed by atoms with Gasteiger partial charge >= 0.3 is 0 Å². The zero-order chi connectivity index (χ0) is 24.8. The first-order valence-corrected chi connectivity index (χ1v) is 12.7. The van der Waals surface area contributed by atoms with E-state index in [-0.39, 0.29) is 11.9 Å². The molecule has 0 aliphatic heterocycles. The molecule has 0 aliphatic carbocycles. The van der Waals surface area contributed by atoms with E-state index in [1.165, 1.54) is 28.7 Å². The van der Waals surface area contributed by atoms with Crippen molar-refractivity contribution in [3.63, 3.8) is 0 Å². The number of nitrogens with one attached hydrogen (secondary N) is 1. The lowest BCUT2D eigenvalue weighted by atomic mass is 10.0. The van der Waals surface area contributed by atoms with Crippen LogP contribution in [0.25, 0.3) is 11.1 Å². The van der Waals surface area contributed by atoms with Gasteiger partial charge in [-0.25, -0.2) is 0 Å². The molecule has 1 amide bonds. The lowest BCUT2D eigenvalue weighted by Crippen LogP contribution is -2.25. The van der Waals surface area contributed by atoms with Gasteiger partial charge in [-0.1, -0.05) is 54.2 Å². The van der Waals surface area contributed by atoms with Gasteiger partial charge in [0, 0.05) is 16.7 Å². The van der Waals surface area contributed by atoms with Crippen LogP contribution in [0.2, 0.25) is 0 Å². The summed E-state index contributed by atoms with van der Waals surface area (Å²) in [6, 6.07) is 19.1. The van der Waals surface area contributed by atoms with E-state index >= 15 is 0 Å². The van der Waals surface area contributed by atoms with E-state index in [4.69, 9.17) is 10.5 Å². The maximum Gasteiger partial charge on any atom is 0.248 e. The van der Waals surface area contributed by atoms with Crippen LogP contribution < -0.4 is 15.8 Å². The maximum atomic E-state index is 13.1. The molecule has 1 atom stereocenters. The van der Waals surface area contributed by atoms with Gasteiger partial charge in [0.15, 0.2) is 5.16 Å². The molecule has 0 bridgehead atoms. The van der Waals surface area contributed by atoms with Crippen molar-refractivity contribution in [1.29, 1.82) is 5.26 Å². The fraction of sp³-hybridized carbons (Fsp3) is 0.200. The Kier molecular flexibility index (Phi) is 7.70. The third kappa shape index (κ3) is 5.48. The van der Waals surface area contributed by atoms with Crippen LogP contribution in [-0.4, -0.2) is 33.5 Å². The number of methoxy groups -OCH3 is 1. The number of thioether (sulfide) groups is 1. The molecule has 3 N–H and O–H groups in total. The lowest BCUT2D eigenvalue weighted by Gasteiger charge is -2.16. The van der Waals surface area contributed by atoms with E-state index in [1.54, 1.807) is 18.6 Å². The molecule has 178 valence electrons. The van der Waals surface area contributed by atoms with Crippen molar-refractivity contribution in [3.05, 3.63) is 71.1 Å². The van der Waals surface area contributed by atoms with Gasteiger partial charge in [0.25, 0.3) is 0 Å². The van der Waals surface area contributed by atoms with E-state index in [9.17, 15) is 10.1 Å². The maximum absolute atomic E-state index is 13.1. The van der Waals surface area contributed by atoms with E-state index in [2.05, 4.69) is 33.7 Å². The number of hydrogen-bond acceptors (Lipinski definition) is 8. The zero-order valence-corrected chi connectivity index (χ0v) is 20.9. The van der Waals surface area contributed by atoms with Gasteiger partial charge in [-0.3, -0.25) is 9.36 Å². The van der Waals surface area contributed by atoms with Gasteiger partial charge in [0.2, 0.25) is 11.9 Å². The topological polar surface area (TPSA) is 119 Å². The van der Waals surface area contributed by atoms with Crippen molar-refractivity contribution in [2.45, 2.75) is 24.5 Å². The van der Waals surface area contributed by atoms with Crippen molar-refractivity contribution in [2.24, 2.45) is 0 Å². The smallest absolute Gasteiger partial charge is 0.248 e. The third-order valence-electron chi connectivity index (χ3n) is 5.46. The highest BCUT2D eigenvalue weighted by Crippen LogP contribution is 2.36. The van der Waals surface area contributed by atoms with Gasteiger partial charge < -0.3 is 15.8 Å². The molecule has 0 saturated carbocycles. The number of aryl methyl sites for hydroxylation is 1. The van der Waals surface area contributed by atoms with Gasteiger partial charge in [0.05, 0.1) is 12.7 Å². The molecule has 8 nitrogen and oxygen atoms in total. The van der Waals surface area contributed by atoms with Crippen molar-refractivity contribution >= 4 is 40.0 Å². The highest BCUT2D eigenvalue weighted by molar-refractivity contribution is 7.99. The number of aromatic nitrogens is 3. The van der Waals surface area contributed by atoms with E-state index in [0.29, 0.717) is 15.7 Å². The molecular formula is C25H24N6O2S2. The minimum atomic E-state index is -0.665. The van der Waals surface area contributed by atoms with Crippen LogP contribution in [-0.2, 0) is 11.2 Å². The average Bonchev–Trinajstić information content (AvgIpc) is 3.46. The molecule has 2 heterocycles. The summed E-state index contributed by atoms with van der Waals surface area (Å²) in [5.74, 6) is 1.36. The number of rotatable bonds is 9. The Balaban J connectivity index is 1.47. The van der Waals surface area contributed by atoms with Crippen molar-refractivity contribution in [3.8, 4) is 22.9 Å². The summed E-state index contributed by atoms with van der Waals surface area (Å²) in [6.07, 6.45) is 0.855. The second-order valence-corrected chi connectivity index (χ2v) is 9.60. The largest absolute Gasteiger partial charge is 0.497 e. The van der Waals surface area contributed by atoms with Crippen LogP contribution >= 0.6 is 23.1 Å². The summed E-state index contributed by atoms with van der Waals surface area (Å²) >= 11 is 2.80. The zero-order valence-electron chi connectivity index (χ0n) is 19.3. The van der Waals surface area contributed by atoms with Crippen LogP contribution in [0, 0.1) is 11.3 Å². The van der Waals surface area contributed by atoms with Gasteiger partial charge in [-0.05, 0) is 36.6 Å². The number of nitrogens with zero attached hydrogens (tertiary/aromatic N) is 4. The third-order valence-corrected chi connectivity index (χ3v) is 7.30. The number of benzene rings is 2. The van der Waals surface area contributed by atoms with E-state index in [0.717, 1.165) is 29.1 Å². The number of amides is 1. The fourth-order valence-electron chi connectivity index (χ4n) is 3.53. The Bertz CT molecular complexity index is 1340. The van der Waals surface area contributed by atoms with Gasteiger partial charge in [-0.2, -0.15) is 5.26 Å². The van der Waals surface area contributed by atoms with Crippen LogP contribution in [0.15, 0.2) is 65.1 Å². The Labute approximate surface area is 211 Å². The summed E-state index contributed by atoms with van der Waals surface area (Å²) < 4.78 is 6.82. The summed E-state index contributed by atoms with van der Waals surface area (Å²) in [5, 5.41) is 23.7. The minimum absolute atomic E-state index is 0.167. The van der Waals surface area contributed by atoms with E-state index in [1.807, 2.05) is 47.8 Å². The number of anilines is 2. The number of nitriles is 1. The fourth-order valence-corrected chi connectivity index (χ4v) is 5.47. The number of hydrogen-bond donors (Lipinski definition) is 2. The molecule has 0 radical (unpaired) electrons. The normalized spacial score (nSPS) is 11.6. The van der Waals surface area contributed by atoms with Gasteiger partial charge in [-0.15, -0.1) is 21.5 Å². The molecule has 0 spiro atoms. The van der Waals surface area contributed by atoms with Crippen molar-refractivity contribution in [1.82, 2.24) is 14.8 Å². The Morgan fingerprint density at radius 3 is 2.66 bits per heavy atom. The number of nitrogens with two attached hydrogens (primary N) is 1. The first kappa shape index (κ1) is 24.3. The predicted octanol–water partition coefficient (Wildman–Crippen LogP) is 5.00. The average molecular weight is 505 g/mol. The summed E-state index contributed by atoms with van der Waals surface area (Å²) in [6.45, 7) is 1.74. The molecule has 2 aromatic carbocycles. The monoisotopic (exact) mass is 504 g/mol. The SMILES string of the molecule is COc1ccc(-c2csc(NC(=O)C(C)n3c(N)nnc3SCCc3ccccc3)c2C#N)cc1. The first-order chi connectivity index (χ1) is 17.0. The number of carbonyl (C=O) groups is 1. The standard InChI is InChI=1S/C25H24N6O2S2/c1-16(31-24(27)29-30-25(31)34-13-12-17-6-4-3-5-7-17)22(32)28-23-20(14-26)21(15-35-23)18-8-10-19(33-2)11-9-18/h3-11,15-16H,12-13H2,1-2H3,(H2,27,29)(H,28,32). The molecular weight excluding hydrogens is 480 g/mol. The minimum Gasteiger partial charge on any atom is -0.497 e. The summed E-state index contributed by atoms with van der Waals surface area (Å²) in [5.41, 5.74) is 9.31. The first-order valence-electron chi connectivity index (χ1n) is 10.9. The highest BCUT2D eigenvalue weighted by atomic mass is 32.2. The predicted molar refractivity (Wildman–Crippen MR) is 140 cm³/mol. The molecule has 35 heavy (non-hydrogen) atoms. The quantitative estimate of drug-likeness (QED) is 0.308. The van der Waals surface area contributed by atoms with Crippen molar-refractivity contribution < 1.29 is 9.53 Å². The number of ether oxygens (including phenoxy) is 1. The summed E-state index contributed by atoms with van der Waals surface area (Å²) in [4.78, 5) is 13.1. The van der Waals surface area contributed by atoms with Crippen LogP contribution in [0.4, 0.5) is 10.9 Å². The van der Waals surface area contributed by atoms with Crippen LogP contribution in [0.1, 0.15) is 24.1 Å². The second kappa shape index (κ2) is 11.1. The number of thiophene rings is 1.